The summed E-state index contributed by atoms with van der Waals surface area (Å²) in [7, 11) is -4.31. The van der Waals surface area contributed by atoms with E-state index >= 15 is 0 Å². The number of sulfonamides is 1. The summed E-state index contributed by atoms with van der Waals surface area (Å²) in [5.74, 6) is -0.412. The van der Waals surface area contributed by atoms with Crippen molar-refractivity contribution in [3.63, 3.8) is 0 Å². The highest BCUT2D eigenvalue weighted by Gasteiger charge is 2.30. The number of carbonyl (C=O) groups excluding carboxylic acids is 1. The molecule has 0 aliphatic heterocycles. The van der Waals surface area contributed by atoms with Crippen molar-refractivity contribution in [3.8, 4) is 0 Å². The standard InChI is InChI=1S/C16H13Cl2F3N2O3S/c17-11-2-1-10(14(18)8-11)7-15(24)23-12-3-5-13(6-4-12)27(25,26)22-9-16(19,20)21/h1-6,8,22H,7,9H2,(H,23,24). The van der Waals surface area contributed by atoms with Crippen molar-refractivity contribution < 1.29 is 26.4 Å². The summed E-state index contributed by atoms with van der Waals surface area (Å²) >= 11 is 11.8. The van der Waals surface area contributed by atoms with E-state index in [9.17, 15) is 26.4 Å². The minimum atomic E-state index is -4.66. The van der Waals surface area contributed by atoms with Crippen LogP contribution in [0.4, 0.5) is 18.9 Å². The van der Waals surface area contributed by atoms with Gasteiger partial charge in [0.2, 0.25) is 15.9 Å². The molecule has 5 nitrogen and oxygen atoms in total. The van der Waals surface area contributed by atoms with Crippen molar-refractivity contribution in [1.82, 2.24) is 4.72 Å². The molecule has 2 aromatic carbocycles. The topological polar surface area (TPSA) is 75.3 Å². The maximum atomic E-state index is 12.1. The smallest absolute Gasteiger partial charge is 0.326 e. The van der Waals surface area contributed by atoms with Crippen LogP contribution in [0.15, 0.2) is 47.4 Å². The van der Waals surface area contributed by atoms with Gasteiger partial charge in [0.05, 0.1) is 11.3 Å². The van der Waals surface area contributed by atoms with E-state index in [0.29, 0.717) is 15.6 Å². The minimum Gasteiger partial charge on any atom is -0.326 e. The highest BCUT2D eigenvalue weighted by Crippen LogP contribution is 2.22. The number of alkyl halides is 3. The molecular formula is C16H13Cl2F3N2O3S. The molecule has 27 heavy (non-hydrogen) atoms. The molecule has 0 atom stereocenters. The predicted octanol–water partition coefficient (Wildman–Crippen LogP) is 4.02. The van der Waals surface area contributed by atoms with Gasteiger partial charge in [-0.3, -0.25) is 4.79 Å². The van der Waals surface area contributed by atoms with Gasteiger partial charge in [0.15, 0.2) is 0 Å². The largest absolute Gasteiger partial charge is 0.402 e. The van der Waals surface area contributed by atoms with Crippen LogP contribution in [-0.4, -0.2) is 27.0 Å². The summed E-state index contributed by atoms with van der Waals surface area (Å²) in [6.07, 6.45) is -4.70. The molecule has 1 amide bonds. The van der Waals surface area contributed by atoms with Gasteiger partial charge in [-0.15, -0.1) is 0 Å². The molecule has 0 aliphatic rings. The van der Waals surface area contributed by atoms with Crippen molar-refractivity contribution in [3.05, 3.63) is 58.1 Å². The third-order valence-electron chi connectivity index (χ3n) is 3.28. The van der Waals surface area contributed by atoms with E-state index < -0.39 is 28.7 Å². The molecule has 0 fully saturated rings. The van der Waals surface area contributed by atoms with Gasteiger partial charge in [-0.1, -0.05) is 29.3 Å². The van der Waals surface area contributed by atoms with Crippen LogP contribution in [0.3, 0.4) is 0 Å². The van der Waals surface area contributed by atoms with Crippen LogP contribution in [0.5, 0.6) is 0 Å². The summed E-state index contributed by atoms with van der Waals surface area (Å²) in [6, 6.07) is 9.40. The number of nitrogens with one attached hydrogen (secondary N) is 2. The number of benzene rings is 2. The second-order valence-corrected chi connectivity index (χ2v) is 8.04. The lowest BCUT2D eigenvalue weighted by molar-refractivity contribution is -0.121. The monoisotopic (exact) mass is 440 g/mol. The maximum Gasteiger partial charge on any atom is 0.402 e. The molecule has 2 aromatic rings. The van der Waals surface area contributed by atoms with E-state index in [1.807, 2.05) is 0 Å². The average Bonchev–Trinajstić information content (AvgIpc) is 2.56. The summed E-state index contributed by atoms with van der Waals surface area (Å²) in [5.41, 5.74) is 0.828. The van der Waals surface area contributed by atoms with Gasteiger partial charge in [0.1, 0.15) is 6.54 Å². The second kappa shape index (κ2) is 8.47. The first-order chi connectivity index (χ1) is 12.5. The molecule has 0 spiro atoms. The molecule has 0 unspecified atom stereocenters. The summed E-state index contributed by atoms with van der Waals surface area (Å²) in [6.45, 7) is -1.67. The Labute approximate surface area is 163 Å². The van der Waals surface area contributed by atoms with E-state index in [4.69, 9.17) is 23.2 Å². The zero-order chi connectivity index (χ0) is 20.2. The first kappa shape index (κ1) is 21.5. The third-order valence-corrected chi connectivity index (χ3v) is 5.28. The van der Waals surface area contributed by atoms with Gasteiger partial charge in [-0.05, 0) is 42.0 Å². The molecule has 146 valence electrons. The molecule has 0 radical (unpaired) electrons. The van der Waals surface area contributed by atoms with E-state index in [0.717, 1.165) is 12.1 Å². The Kier molecular flexibility index (Phi) is 6.74. The first-order valence-electron chi connectivity index (χ1n) is 7.36. The van der Waals surface area contributed by atoms with Gasteiger partial charge in [0.25, 0.3) is 0 Å². The lowest BCUT2D eigenvalue weighted by Gasteiger charge is -2.10. The Balaban J connectivity index is 2.01. The summed E-state index contributed by atoms with van der Waals surface area (Å²) < 4.78 is 61.5. The number of anilines is 1. The number of hydrogen-bond acceptors (Lipinski definition) is 3. The zero-order valence-electron chi connectivity index (χ0n) is 13.5. The summed E-state index contributed by atoms with van der Waals surface area (Å²) in [4.78, 5) is 11.7. The van der Waals surface area contributed by atoms with Crippen molar-refractivity contribution in [1.29, 1.82) is 0 Å². The quantitative estimate of drug-likeness (QED) is 0.712. The third kappa shape index (κ3) is 6.69. The minimum absolute atomic E-state index is 0.0385. The SMILES string of the molecule is O=C(Cc1ccc(Cl)cc1Cl)Nc1ccc(S(=O)(=O)NCC(F)(F)F)cc1. The number of rotatable bonds is 6. The van der Waals surface area contributed by atoms with Crippen LogP contribution >= 0.6 is 23.2 Å². The van der Waals surface area contributed by atoms with Crippen LogP contribution in [0.2, 0.25) is 10.0 Å². The number of amides is 1. The Morgan fingerprint density at radius 1 is 1.04 bits per heavy atom. The Bertz CT molecular complexity index is 933. The molecular weight excluding hydrogens is 428 g/mol. The Morgan fingerprint density at radius 2 is 1.67 bits per heavy atom. The van der Waals surface area contributed by atoms with Gasteiger partial charge < -0.3 is 5.32 Å². The van der Waals surface area contributed by atoms with Crippen LogP contribution in [0.25, 0.3) is 0 Å². The lowest BCUT2D eigenvalue weighted by atomic mass is 10.1. The van der Waals surface area contributed by atoms with E-state index in [1.165, 1.54) is 22.9 Å². The van der Waals surface area contributed by atoms with Gasteiger partial charge in [0, 0.05) is 15.7 Å². The fourth-order valence-electron chi connectivity index (χ4n) is 2.02. The fraction of sp³-hybridized carbons (Fsp3) is 0.188. The molecule has 2 N–H and O–H groups in total. The van der Waals surface area contributed by atoms with E-state index in [1.54, 1.807) is 12.1 Å². The number of carbonyl (C=O) groups is 1. The molecule has 0 saturated heterocycles. The van der Waals surface area contributed by atoms with Crippen molar-refractivity contribution in [2.45, 2.75) is 17.5 Å². The van der Waals surface area contributed by atoms with E-state index in [2.05, 4.69) is 5.32 Å². The van der Waals surface area contributed by atoms with Crippen molar-refractivity contribution in [2.75, 3.05) is 11.9 Å². The number of halogens is 5. The Morgan fingerprint density at radius 3 is 2.22 bits per heavy atom. The van der Waals surface area contributed by atoms with Gasteiger partial charge in [-0.25, -0.2) is 13.1 Å². The molecule has 0 aromatic heterocycles. The van der Waals surface area contributed by atoms with Crippen LogP contribution in [0.1, 0.15) is 5.56 Å². The van der Waals surface area contributed by atoms with Crippen molar-refractivity contribution in [2.24, 2.45) is 0 Å². The zero-order valence-corrected chi connectivity index (χ0v) is 15.8. The van der Waals surface area contributed by atoms with Crippen LogP contribution < -0.4 is 10.0 Å². The van der Waals surface area contributed by atoms with Crippen molar-refractivity contribution >= 4 is 44.8 Å². The lowest BCUT2D eigenvalue weighted by Crippen LogP contribution is -2.33. The van der Waals surface area contributed by atoms with Gasteiger partial charge in [-0.2, -0.15) is 13.2 Å². The molecule has 11 heteroatoms. The second-order valence-electron chi connectivity index (χ2n) is 5.42. The van der Waals surface area contributed by atoms with E-state index in [-0.39, 0.29) is 17.0 Å². The normalized spacial score (nSPS) is 12.0. The Hall–Kier alpha value is -1.81. The summed E-state index contributed by atoms with van der Waals surface area (Å²) in [5, 5.41) is 3.30. The molecule has 0 aliphatic carbocycles. The molecule has 2 rings (SSSR count). The first-order valence-corrected chi connectivity index (χ1v) is 9.60. The fourth-order valence-corrected chi connectivity index (χ4v) is 3.51. The number of hydrogen-bond donors (Lipinski definition) is 2. The maximum absolute atomic E-state index is 12.1. The average molecular weight is 441 g/mol. The molecule has 0 bridgehead atoms. The van der Waals surface area contributed by atoms with Crippen LogP contribution in [0, 0.1) is 0 Å². The van der Waals surface area contributed by atoms with Crippen LogP contribution in [-0.2, 0) is 21.2 Å². The van der Waals surface area contributed by atoms with Gasteiger partial charge >= 0.3 is 6.18 Å². The highest BCUT2D eigenvalue weighted by atomic mass is 35.5. The predicted molar refractivity (Wildman–Crippen MR) is 96.5 cm³/mol. The molecule has 0 saturated carbocycles. The highest BCUT2D eigenvalue weighted by molar-refractivity contribution is 7.89. The molecule has 0 heterocycles.